The van der Waals surface area contributed by atoms with Crippen LogP contribution in [0.15, 0.2) is 0 Å². The van der Waals surface area contributed by atoms with E-state index >= 15 is 0 Å². The van der Waals surface area contributed by atoms with E-state index in [1.807, 2.05) is 0 Å². The largest absolute Gasteiger partial charge is 0.330 e. The maximum atomic E-state index is 5.54. The number of nitrogens with one attached hydrogen (secondary N) is 1. The molecule has 2 heteroatoms. The second-order valence-electron chi connectivity index (χ2n) is 4.48. The third-order valence-corrected chi connectivity index (χ3v) is 3.10. The molecule has 0 aromatic rings. The molecule has 1 saturated carbocycles. The Bertz CT molecular complexity index is 119. The average molecular weight is 184 g/mol. The molecule has 1 unspecified atom stereocenters. The summed E-state index contributed by atoms with van der Waals surface area (Å²) in [4.78, 5) is 0. The normalized spacial score (nSPS) is 20.8. The van der Waals surface area contributed by atoms with E-state index in [1.54, 1.807) is 0 Å². The molecule has 2 nitrogen and oxygen atoms in total. The highest BCUT2D eigenvalue weighted by Crippen LogP contribution is 2.26. The number of hydrogen-bond donors (Lipinski definition) is 2. The predicted molar refractivity (Wildman–Crippen MR) is 57.7 cm³/mol. The zero-order chi connectivity index (χ0) is 9.52. The van der Waals surface area contributed by atoms with Gasteiger partial charge in [0.2, 0.25) is 0 Å². The minimum atomic E-state index is 0.628. The molecule has 0 amide bonds. The van der Waals surface area contributed by atoms with E-state index in [-0.39, 0.29) is 0 Å². The summed E-state index contributed by atoms with van der Waals surface area (Å²) < 4.78 is 0. The van der Waals surface area contributed by atoms with Crippen LogP contribution in [0, 0.1) is 11.8 Å². The van der Waals surface area contributed by atoms with E-state index in [0.717, 1.165) is 19.0 Å². The minimum absolute atomic E-state index is 0.628. The van der Waals surface area contributed by atoms with Crippen LogP contribution in [-0.4, -0.2) is 19.6 Å². The second kappa shape index (κ2) is 6.39. The summed E-state index contributed by atoms with van der Waals surface area (Å²) in [5, 5.41) is 3.48. The summed E-state index contributed by atoms with van der Waals surface area (Å²) >= 11 is 0. The molecule has 13 heavy (non-hydrogen) atoms. The predicted octanol–water partition coefficient (Wildman–Crippen LogP) is 1.75. The maximum absolute atomic E-state index is 5.54. The highest BCUT2D eigenvalue weighted by molar-refractivity contribution is 4.68. The smallest absolute Gasteiger partial charge is 0.00111 e. The topological polar surface area (TPSA) is 38.0 Å². The number of nitrogens with two attached hydrogens (primary N) is 1. The van der Waals surface area contributed by atoms with Gasteiger partial charge in [0, 0.05) is 0 Å². The summed E-state index contributed by atoms with van der Waals surface area (Å²) in [5.74, 6) is 1.64. The molecule has 1 fully saturated rings. The Morgan fingerprint density at radius 1 is 1.38 bits per heavy atom. The van der Waals surface area contributed by atoms with Gasteiger partial charge in [0.25, 0.3) is 0 Å². The van der Waals surface area contributed by atoms with Crippen molar-refractivity contribution in [3.05, 3.63) is 0 Å². The van der Waals surface area contributed by atoms with Crippen molar-refractivity contribution < 1.29 is 0 Å². The number of rotatable bonds is 6. The fraction of sp³-hybridized carbons (Fsp3) is 1.00. The van der Waals surface area contributed by atoms with Crippen LogP contribution in [0.5, 0.6) is 0 Å². The molecule has 1 atom stereocenters. The minimum Gasteiger partial charge on any atom is -0.330 e. The van der Waals surface area contributed by atoms with Gasteiger partial charge in [0.1, 0.15) is 0 Å². The highest BCUT2D eigenvalue weighted by Gasteiger charge is 2.13. The first-order valence-corrected chi connectivity index (χ1v) is 5.73. The van der Waals surface area contributed by atoms with Crippen molar-refractivity contribution in [1.29, 1.82) is 0 Å². The third-order valence-electron chi connectivity index (χ3n) is 3.10. The van der Waals surface area contributed by atoms with E-state index in [9.17, 15) is 0 Å². The molecule has 0 aromatic heterocycles. The summed E-state index contributed by atoms with van der Waals surface area (Å²) in [5.41, 5.74) is 5.54. The van der Waals surface area contributed by atoms with Crippen LogP contribution in [0.1, 0.15) is 39.0 Å². The Labute approximate surface area is 82.3 Å². The molecule has 1 rings (SSSR count). The summed E-state index contributed by atoms with van der Waals surface area (Å²) in [7, 11) is 0. The van der Waals surface area contributed by atoms with E-state index in [4.69, 9.17) is 5.73 Å². The molecule has 0 aromatic carbocycles. The Morgan fingerprint density at radius 3 is 2.69 bits per heavy atom. The van der Waals surface area contributed by atoms with Crippen molar-refractivity contribution >= 4 is 0 Å². The second-order valence-corrected chi connectivity index (χ2v) is 4.48. The zero-order valence-corrected chi connectivity index (χ0v) is 8.89. The fourth-order valence-electron chi connectivity index (χ4n) is 2.04. The Morgan fingerprint density at radius 2 is 2.08 bits per heavy atom. The van der Waals surface area contributed by atoms with Crippen molar-refractivity contribution in [2.45, 2.75) is 39.0 Å². The Hall–Kier alpha value is -0.0800. The SMILES string of the molecule is CC(CN)CNCCC1CCCC1. The lowest BCUT2D eigenvalue weighted by Gasteiger charge is -2.12. The molecule has 1 aliphatic carbocycles. The zero-order valence-electron chi connectivity index (χ0n) is 8.89. The van der Waals surface area contributed by atoms with Gasteiger partial charge in [-0.2, -0.15) is 0 Å². The lowest BCUT2D eigenvalue weighted by molar-refractivity contribution is 0.452. The van der Waals surface area contributed by atoms with Crippen LogP contribution >= 0.6 is 0 Å². The van der Waals surface area contributed by atoms with Crippen molar-refractivity contribution in [2.24, 2.45) is 17.6 Å². The van der Waals surface area contributed by atoms with Crippen LogP contribution in [0.2, 0.25) is 0 Å². The van der Waals surface area contributed by atoms with Gasteiger partial charge < -0.3 is 11.1 Å². The Balaban J connectivity index is 1.88. The molecule has 0 saturated heterocycles. The van der Waals surface area contributed by atoms with Gasteiger partial charge in [0.15, 0.2) is 0 Å². The molecule has 3 N–H and O–H groups in total. The van der Waals surface area contributed by atoms with Gasteiger partial charge in [-0.3, -0.25) is 0 Å². The van der Waals surface area contributed by atoms with Crippen LogP contribution in [0.25, 0.3) is 0 Å². The third kappa shape index (κ3) is 4.63. The van der Waals surface area contributed by atoms with Gasteiger partial charge in [-0.1, -0.05) is 32.6 Å². The molecular formula is C11H24N2. The lowest BCUT2D eigenvalue weighted by atomic mass is 10.0. The quantitative estimate of drug-likeness (QED) is 0.617. The van der Waals surface area contributed by atoms with E-state index in [0.29, 0.717) is 5.92 Å². The van der Waals surface area contributed by atoms with Crippen LogP contribution in [0.3, 0.4) is 0 Å². The van der Waals surface area contributed by atoms with E-state index in [2.05, 4.69) is 12.2 Å². The molecule has 1 aliphatic rings. The van der Waals surface area contributed by atoms with Crippen molar-refractivity contribution in [2.75, 3.05) is 19.6 Å². The van der Waals surface area contributed by atoms with Crippen LogP contribution < -0.4 is 11.1 Å². The fourth-order valence-corrected chi connectivity index (χ4v) is 2.04. The molecular weight excluding hydrogens is 160 g/mol. The van der Waals surface area contributed by atoms with Gasteiger partial charge in [-0.05, 0) is 37.9 Å². The summed E-state index contributed by atoms with van der Waals surface area (Å²) in [6, 6.07) is 0. The lowest BCUT2D eigenvalue weighted by Crippen LogP contribution is -2.27. The van der Waals surface area contributed by atoms with Gasteiger partial charge in [-0.25, -0.2) is 0 Å². The maximum Gasteiger partial charge on any atom is -0.00111 e. The summed E-state index contributed by atoms with van der Waals surface area (Å²) in [6.07, 6.45) is 7.23. The summed E-state index contributed by atoms with van der Waals surface area (Å²) in [6.45, 7) is 5.28. The Kier molecular flexibility index (Phi) is 5.40. The highest BCUT2D eigenvalue weighted by atomic mass is 14.9. The van der Waals surface area contributed by atoms with Crippen LogP contribution in [-0.2, 0) is 0 Å². The van der Waals surface area contributed by atoms with Gasteiger partial charge in [-0.15, -0.1) is 0 Å². The van der Waals surface area contributed by atoms with E-state index < -0.39 is 0 Å². The monoisotopic (exact) mass is 184 g/mol. The van der Waals surface area contributed by atoms with E-state index in [1.165, 1.54) is 38.6 Å². The first-order valence-electron chi connectivity index (χ1n) is 5.73. The van der Waals surface area contributed by atoms with Crippen molar-refractivity contribution in [3.8, 4) is 0 Å². The van der Waals surface area contributed by atoms with Gasteiger partial charge >= 0.3 is 0 Å². The molecule has 0 spiro atoms. The van der Waals surface area contributed by atoms with Crippen molar-refractivity contribution in [1.82, 2.24) is 5.32 Å². The van der Waals surface area contributed by atoms with Crippen LogP contribution in [0.4, 0.5) is 0 Å². The molecule has 78 valence electrons. The number of hydrogen-bond acceptors (Lipinski definition) is 2. The van der Waals surface area contributed by atoms with Crippen molar-refractivity contribution in [3.63, 3.8) is 0 Å². The standard InChI is InChI=1S/C11H24N2/c1-10(8-12)9-13-7-6-11-4-2-3-5-11/h10-11,13H,2-9,12H2,1H3. The molecule has 0 heterocycles. The molecule has 0 bridgehead atoms. The molecule has 0 radical (unpaired) electrons. The average Bonchev–Trinajstić information content (AvgIpc) is 2.64. The van der Waals surface area contributed by atoms with Gasteiger partial charge in [0.05, 0.1) is 0 Å². The first-order chi connectivity index (χ1) is 6.33. The first kappa shape index (κ1) is 11.0. The molecule has 0 aliphatic heterocycles.